The lowest BCUT2D eigenvalue weighted by Crippen LogP contribution is -2.33. The first kappa shape index (κ1) is 24.9. The molecule has 3 rings (SSSR count). The second kappa shape index (κ2) is 10.4. The van der Waals surface area contributed by atoms with Gasteiger partial charge in [0.25, 0.3) is 11.5 Å². The minimum absolute atomic E-state index is 0.0282. The Bertz CT molecular complexity index is 1320. The van der Waals surface area contributed by atoms with Gasteiger partial charge in [-0.3, -0.25) is 19.1 Å². The molecule has 11 heteroatoms. The predicted molar refractivity (Wildman–Crippen MR) is 122 cm³/mol. The molecular formula is C23H26F2N4O5. The van der Waals surface area contributed by atoms with E-state index >= 15 is 0 Å². The van der Waals surface area contributed by atoms with Crippen molar-refractivity contribution in [1.82, 2.24) is 19.9 Å². The number of nitrogens with zero attached hydrogens (tertiary/aromatic N) is 2. The number of rotatable bonds is 9. The van der Waals surface area contributed by atoms with Crippen molar-refractivity contribution >= 4 is 16.9 Å². The summed E-state index contributed by atoms with van der Waals surface area (Å²) in [5.41, 5.74) is 0.165. The smallest absolute Gasteiger partial charge is 0.387 e. The quantitative estimate of drug-likeness (QED) is 0.491. The summed E-state index contributed by atoms with van der Waals surface area (Å²) in [6.07, 6.45) is 0.311. The van der Waals surface area contributed by atoms with Crippen LogP contribution in [0.15, 0.2) is 33.9 Å². The second-order valence-electron chi connectivity index (χ2n) is 7.82. The minimum atomic E-state index is -3.00. The van der Waals surface area contributed by atoms with Gasteiger partial charge < -0.3 is 14.8 Å². The number of carbonyl (C=O) groups is 1. The summed E-state index contributed by atoms with van der Waals surface area (Å²) < 4.78 is 36.1. The molecule has 0 spiro atoms. The third-order valence-corrected chi connectivity index (χ3v) is 5.26. The number of methoxy groups -OCH3 is 1. The van der Waals surface area contributed by atoms with Gasteiger partial charge in [-0.05, 0) is 43.0 Å². The van der Waals surface area contributed by atoms with Crippen LogP contribution in [0.25, 0.3) is 11.0 Å². The normalized spacial score (nSPS) is 11.3. The number of alkyl halides is 2. The van der Waals surface area contributed by atoms with E-state index in [0.717, 1.165) is 0 Å². The summed E-state index contributed by atoms with van der Waals surface area (Å²) in [5, 5.41) is 2.77. The first-order valence-electron chi connectivity index (χ1n) is 10.7. The Morgan fingerprint density at radius 3 is 2.56 bits per heavy atom. The molecule has 1 amide bonds. The van der Waals surface area contributed by atoms with Gasteiger partial charge in [0, 0.05) is 18.8 Å². The second-order valence-corrected chi connectivity index (χ2v) is 7.82. The molecule has 0 aliphatic carbocycles. The van der Waals surface area contributed by atoms with Gasteiger partial charge in [-0.1, -0.05) is 19.9 Å². The molecule has 2 N–H and O–H groups in total. The maximum Gasteiger partial charge on any atom is 0.387 e. The molecule has 0 aliphatic rings. The Labute approximate surface area is 193 Å². The molecule has 0 bridgehead atoms. The van der Waals surface area contributed by atoms with E-state index < -0.39 is 23.8 Å². The Morgan fingerprint density at radius 1 is 1.21 bits per heavy atom. The molecule has 9 nitrogen and oxygen atoms in total. The number of fused-ring (bicyclic) bond motifs is 1. The number of carbonyl (C=O) groups excluding carboxylic acids is 1. The molecule has 0 unspecified atom stereocenters. The van der Waals surface area contributed by atoms with Crippen LogP contribution in [-0.2, 0) is 13.0 Å². The number of pyridine rings is 1. The standard InChI is InChI=1S/C23H26F2N4O5/c1-5-29-19-18(21(31)28-23(29)32)14(11-15(27-19)12(2)3)20(30)26-9-8-13-6-7-16(33-4)17(10-13)34-22(24)25/h6-7,10-12,22H,5,8-9H2,1-4H3,(H,26,30)(H,28,31,32). The summed E-state index contributed by atoms with van der Waals surface area (Å²) in [4.78, 5) is 44.5. The highest BCUT2D eigenvalue weighted by Gasteiger charge is 2.20. The topological polar surface area (TPSA) is 115 Å². The number of H-pyrrole nitrogens is 1. The highest BCUT2D eigenvalue weighted by atomic mass is 19.3. The number of ether oxygens (including phenoxy) is 2. The zero-order valence-electron chi connectivity index (χ0n) is 19.3. The lowest BCUT2D eigenvalue weighted by molar-refractivity contribution is -0.0512. The fourth-order valence-electron chi connectivity index (χ4n) is 3.54. The average Bonchev–Trinajstić information content (AvgIpc) is 2.78. The van der Waals surface area contributed by atoms with Crippen LogP contribution in [0.2, 0.25) is 0 Å². The number of aromatic amines is 1. The Kier molecular flexibility index (Phi) is 7.64. The molecule has 2 aromatic heterocycles. The first-order chi connectivity index (χ1) is 16.2. The maximum atomic E-state index is 13.1. The van der Waals surface area contributed by atoms with E-state index in [1.54, 1.807) is 19.1 Å². The van der Waals surface area contributed by atoms with Crippen molar-refractivity contribution in [3.05, 3.63) is 61.9 Å². The number of amides is 1. The van der Waals surface area contributed by atoms with Crippen molar-refractivity contribution in [2.45, 2.75) is 46.3 Å². The molecule has 34 heavy (non-hydrogen) atoms. The molecular weight excluding hydrogens is 450 g/mol. The van der Waals surface area contributed by atoms with E-state index in [1.165, 1.54) is 23.8 Å². The molecule has 2 heterocycles. The minimum Gasteiger partial charge on any atom is -0.493 e. The average molecular weight is 476 g/mol. The Balaban J connectivity index is 1.89. The number of hydrogen-bond acceptors (Lipinski definition) is 6. The third kappa shape index (κ3) is 5.24. The SMILES string of the molecule is CCn1c(=O)[nH]c(=O)c2c(C(=O)NCCc3ccc(OC)c(OC(F)F)c3)cc(C(C)C)nc21. The van der Waals surface area contributed by atoms with E-state index in [2.05, 4.69) is 20.0 Å². The van der Waals surface area contributed by atoms with Crippen LogP contribution in [0.4, 0.5) is 8.78 Å². The molecule has 1 aromatic carbocycles. The molecule has 182 valence electrons. The Hall–Kier alpha value is -3.76. The fraction of sp³-hybridized carbons (Fsp3) is 0.391. The number of benzene rings is 1. The molecule has 3 aromatic rings. The van der Waals surface area contributed by atoms with E-state index in [-0.39, 0.29) is 47.1 Å². The van der Waals surface area contributed by atoms with Gasteiger partial charge in [0.05, 0.1) is 18.1 Å². The Morgan fingerprint density at radius 2 is 1.94 bits per heavy atom. The van der Waals surface area contributed by atoms with E-state index in [1.807, 2.05) is 13.8 Å². The number of nitrogens with one attached hydrogen (secondary N) is 2. The van der Waals surface area contributed by atoms with Crippen LogP contribution >= 0.6 is 0 Å². The van der Waals surface area contributed by atoms with Gasteiger partial charge in [0.1, 0.15) is 0 Å². The predicted octanol–water partition coefficient (Wildman–Crippen LogP) is 2.81. The summed E-state index contributed by atoms with van der Waals surface area (Å²) in [6.45, 7) is 2.94. The van der Waals surface area contributed by atoms with Gasteiger partial charge in [-0.15, -0.1) is 0 Å². The van der Waals surface area contributed by atoms with Crippen molar-refractivity contribution < 1.29 is 23.0 Å². The largest absolute Gasteiger partial charge is 0.493 e. The first-order valence-corrected chi connectivity index (χ1v) is 10.7. The third-order valence-electron chi connectivity index (χ3n) is 5.26. The van der Waals surface area contributed by atoms with E-state index in [0.29, 0.717) is 17.7 Å². The highest BCUT2D eigenvalue weighted by Crippen LogP contribution is 2.29. The van der Waals surface area contributed by atoms with Crippen LogP contribution in [0.5, 0.6) is 11.5 Å². The van der Waals surface area contributed by atoms with Crippen molar-refractivity contribution in [1.29, 1.82) is 0 Å². The number of aryl methyl sites for hydroxylation is 1. The van der Waals surface area contributed by atoms with E-state index in [4.69, 9.17) is 4.74 Å². The van der Waals surface area contributed by atoms with E-state index in [9.17, 15) is 23.2 Å². The fourth-order valence-corrected chi connectivity index (χ4v) is 3.54. The summed E-state index contributed by atoms with van der Waals surface area (Å²) in [5.74, 6) is -0.507. The zero-order chi connectivity index (χ0) is 25.0. The lowest BCUT2D eigenvalue weighted by Gasteiger charge is -2.14. The van der Waals surface area contributed by atoms with Crippen LogP contribution in [0.1, 0.15) is 48.3 Å². The molecule has 0 saturated heterocycles. The van der Waals surface area contributed by atoms with Crippen LogP contribution < -0.4 is 26.0 Å². The summed E-state index contributed by atoms with van der Waals surface area (Å²) >= 11 is 0. The number of aromatic nitrogens is 3. The van der Waals surface area contributed by atoms with Gasteiger partial charge in [-0.2, -0.15) is 8.78 Å². The van der Waals surface area contributed by atoms with Crippen molar-refractivity contribution in [2.75, 3.05) is 13.7 Å². The van der Waals surface area contributed by atoms with Gasteiger partial charge in [0.15, 0.2) is 17.1 Å². The van der Waals surface area contributed by atoms with Crippen LogP contribution in [0.3, 0.4) is 0 Å². The molecule has 0 saturated carbocycles. The van der Waals surface area contributed by atoms with Gasteiger partial charge >= 0.3 is 12.3 Å². The lowest BCUT2D eigenvalue weighted by atomic mass is 10.0. The summed E-state index contributed by atoms with van der Waals surface area (Å²) in [6, 6.07) is 6.14. The zero-order valence-corrected chi connectivity index (χ0v) is 19.3. The van der Waals surface area contributed by atoms with Gasteiger partial charge in [0.2, 0.25) is 0 Å². The number of hydrogen-bond donors (Lipinski definition) is 2. The maximum absolute atomic E-state index is 13.1. The molecule has 0 radical (unpaired) electrons. The van der Waals surface area contributed by atoms with Crippen LogP contribution in [-0.4, -0.2) is 40.7 Å². The summed E-state index contributed by atoms with van der Waals surface area (Å²) in [7, 11) is 1.35. The molecule has 0 aliphatic heterocycles. The molecule has 0 atom stereocenters. The monoisotopic (exact) mass is 476 g/mol. The number of halogens is 2. The highest BCUT2D eigenvalue weighted by molar-refractivity contribution is 6.05. The molecule has 0 fully saturated rings. The van der Waals surface area contributed by atoms with Crippen LogP contribution in [0, 0.1) is 0 Å². The van der Waals surface area contributed by atoms with Gasteiger partial charge in [-0.25, -0.2) is 9.78 Å². The van der Waals surface area contributed by atoms with Crippen molar-refractivity contribution in [3.63, 3.8) is 0 Å². The van der Waals surface area contributed by atoms with Crippen molar-refractivity contribution in [3.8, 4) is 11.5 Å². The van der Waals surface area contributed by atoms with Crippen molar-refractivity contribution in [2.24, 2.45) is 0 Å².